The van der Waals surface area contributed by atoms with E-state index in [4.69, 9.17) is 9.47 Å². The largest absolute Gasteiger partial charge is 0.503 e. The molecule has 0 fully saturated rings. The normalized spacial score (nSPS) is 16.2. The third kappa shape index (κ3) is 4.90. The smallest absolute Gasteiger partial charge is 0.290 e. The van der Waals surface area contributed by atoms with Gasteiger partial charge in [-0.3, -0.25) is 9.59 Å². The number of carbonyl (C=O) groups is 2. The highest BCUT2D eigenvalue weighted by Gasteiger charge is 2.43. The van der Waals surface area contributed by atoms with E-state index in [0.29, 0.717) is 18.7 Å². The maximum absolute atomic E-state index is 13.0. The molecule has 2 aromatic rings. The summed E-state index contributed by atoms with van der Waals surface area (Å²) in [4.78, 5) is 27.5. The highest BCUT2D eigenvalue weighted by Crippen LogP contribution is 2.39. The van der Waals surface area contributed by atoms with Crippen LogP contribution in [0.4, 0.5) is 0 Å². The molecule has 31 heavy (non-hydrogen) atoms. The van der Waals surface area contributed by atoms with Crippen molar-refractivity contribution in [1.82, 2.24) is 4.90 Å². The second kappa shape index (κ2) is 9.69. The molecule has 1 unspecified atom stereocenters. The minimum absolute atomic E-state index is 0.118. The van der Waals surface area contributed by atoms with Crippen molar-refractivity contribution in [1.29, 1.82) is 0 Å². The number of amides is 1. The van der Waals surface area contributed by atoms with E-state index in [-0.39, 0.29) is 23.7 Å². The molecule has 3 rings (SSSR count). The number of ether oxygens (including phenoxy) is 2. The van der Waals surface area contributed by atoms with Crippen LogP contribution in [0.2, 0.25) is 0 Å². The molecule has 6 nitrogen and oxygen atoms in total. The molecule has 0 aliphatic carbocycles. The Morgan fingerprint density at radius 3 is 2.06 bits per heavy atom. The molecule has 1 aliphatic heterocycles. The monoisotopic (exact) mass is 423 g/mol. The molecule has 6 heteroatoms. The first kappa shape index (κ1) is 22.4. The van der Waals surface area contributed by atoms with Crippen LogP contribution in [0.1, 0.15) is 37.4 Å². The van der Waals surface area contributed by atoms with E-state index in [1.807, 2.05) is 50.2 Å². The van der Waals surface area contributed by atoms with Gasteiger partial charge in [0, 0.05) is 13.0 Å². The average molecular weight is 424 g/mol. The molecule has 1 heterocycles. The van der Waals surface area contributed by atoms with Crippen LogP contribution in [0, 0.1) is 5.92 Å². The van der Waals surface area contributed by atoms with Gasteiger partial charge in [0.05, 0.1) is 25.8 Å². The summed E-state index contributed by atoms with van der Waals surface area (Å²) < 4.78 is 10.4. The molecule has 0 saturated carbocycles. The lowest BCUT2D eigenvalue weighted by Crippen LogP contribution is -2.33. The van der Waals surface area contributed by atoms with Crippen LogP contribution in [0.5, 0.6) is 11.5 Å². The standard InChI is InChI=1S/C25H29NO5/c1-16(2)15-21(27)22-23(18-7-11-20(31-4)12-8-18)26(25(29)24(22)28)14-13-17-5-9-19(30-3)10-6-17/h5-12,16,23,28H,13-15H2,1-4H3. The summed E-state index contributed by atoms with van der Waals surface area (Å²) in [6.07, 6.45) is 0.854. The summed E-state index contributed by atoms with van der Waals surface area (Å²) >= 11 is 0. The number of carbonyl (C=O) groups excluding carboxylic acids is 2. The number of hydrogen-bond acceptors (Lipinski definition) is 5. The molecule has 164 valence electrons. The third-order valence-electron chi connectivity index (χ3n) is 5.43. The number of ketones is 1. The summed E-state index contributed by atoms with van der Waals surface area (Å²) in [5, 5.41) is 10.6. The first-order chi connectivity index (χ1) is 14.8. The van der Waals surface area contributed by atoms with E-state index < -0.39 is 17.7 Å². The fraction of sp³-hybridized carbons (Fsp3) is 0.360. The van der Waals surface area contributed by atoms with Crippen LogP contribution in [0.15, 0.2) is 59.9 Å². The van der Waals surface area contributed by atoms with Crippen molar-refractivity contribution in [3.8, 4) is 11.5 Å². The Balaban J connectivity index is 1.91. The van der Waals surface area contributed by atoms with Crippen LogP contribution >= 0.6 is 0 Å². The van der Waals surface area contributed by atoms with Gasteiger partial charge in [-0.05, 0) is 47.7 Å². The molecule has 0 saturated heterocycles. The Morgan fingerprint density at radius 1 is 1.00 bits per heavy atom. The van der Waals surface area contributed by atoms with Gasteiger partial charge in [0.1, 0.15) is 11.5 Å². The zero-order chi connectivity index (χ0) is 22.5. The maximum atomic E-state index is 13.0. The molecule has 0 radical (unpaired) electrons. The highest BCUT2D eigenvalue weighted by molar-refractivity contribution is 6.09. The Morgan fingerprint density at radius 2 is 1.55 bits per heavy atom. The number of rotatable bonds is 9. The predicted molar refractivity (Wildman–Crippen MR) is 118 cm³/mol. The lowest BCUT2D eigenvalue weighted by Gasteiger charge is -2.27. The van der Waals surface area contributed by atoms with Crippen molar-refractivity contribution in [2.45, 2.75) is 32.7 Å². The van der Waals surface area contributed by atoms with Crippen molar-refractivity contribution in [3.05, 3.63) is 71.0 Å². The van der Waals surface area contributed by atoms with Crippen molar-refractivity contribution in [2.24, 2.45) is 5.92 Å². The van der Waals surface area contributed by atoms with Gasteiger partial charge in [0.25, 0.3) is 5.91 Å². The number of Topliss-reactive ketones (excluding diaryl/α,β-unsaturated/α-hetero) is 1. The maximum Gasteiger partial charge on any atom is 0.290 e. The molecule has 2 aromatic carbocycles. The number of aliphatic hydroxyl groups is 1. The minimum Gasteiger partial charge on any atom is -0.503 e. The van der Waals surface area contributed by atoms with Gasteiger partial charge in [0.15, 0.2) is 11.5 Å². The first-order valence-electron chi connectivity index (χ1n) is 10.4. The highest BCUT2D eigenvalue weighted by atomic mass is 16.5. The Kier molecular flexibility index (Phi) is 7.00. The fourth-order valence-corrected chi connectivity index (χ4v) is 3.82. The topological polar surface area (TPSA) is 76.1 Å². The lowest BCUT2D eigenvalue weighted by molar-refractivity contribution is -0.129. The molecular formula is C25H29NO5. The van der Waals surface area contributed by atoms with Crippen molar-refractivity contribution in [3.63, 3.8) is 0 Å². The average Bonchev–Trinajstić information content (AvgIpc) is 3.02. The SMILES string of the molecule is COc1ccc(CCN2C(=O)C(O)=C(C(=O)CC(C)C)C2c2ccc(OC)cc2)cc1. The first-order valence-corrected chi connectivity index (χ1v) is 10.4. The zero-order valence-electron chi connectivity index (χ0n) is 18.4. The molecule has 1 atom stereocenters. The second-order valence-electron chi connectivity index (χ2n) is 8.06. The third-order valence-corrected chi connectivity index (χ3v) is 5.43. The Labute approximate surface area is 183 Å². The summed E-state index contributed by atoms with van der Waals surface area (Å²) in [5.74, 6) is 0.406. The van der Waals surface area contributed by atoms with Gasteiger partial charge in [-0.15, -0.1) is 0 Å². The number of hydrogen-bond donors (Lipinski definition) is 1. The Hall–Kier alpha value is -3.28. The summed E-state index contributed by atoms with van der Waals surface area (Å²) in [7, 11) is 3.19. The molecule has 0 aromatic heterocycles. The van der Waals surface area contributed by atoms with E-state index in [9.17, 15) is 14.7 Å². The van der Waals surface area contributed by atoms with Crippen LogP contribution < -0.4 is 9.47 Å². The minimum atomic E-state index is -0.622. The van der Waals surface area contributed by atoms with Crippen LogP contribution in [-0.2, 0) is 16.0 Å². The molecule has 1 amide bonds. The number of benzene rings is 2. The molecule has 0 bridgehead atoms. The van der Waals surface area contributed by atoms with E-state index in [2.05, 4.69) is 0 Å². The summed E-state index contributed by atoms with van der Waals surface area (Å²) in [6, 6.07) is 14.3. The molecule has 1 aliphatic rings. The summed E-state index contributed by atoms with van der Waals surface area (Å²) in [6.45, 7) is 4.25. The van der Waals surface area contributed by atoms with Crippen LogP contribution in [0.25, 0.3) is 0 Å². The molecule has 1 N–H and O–H groups in total. The molecule has 0 spiro atoms. The van der Waals surface area contributed by atoms with Crippen LogP contribution in [0.3, 0.4) is 0 Å². The van der Waals surface area contributed by atoms with E-state index in [1.54, 1.807) is 31.3 Å². The second-order valence-corrected chi connectivity index (χ2v) is 8.06. The van der Waals surface area contributed by atoms with Crippen LogP contribution in [-0.4, -0.2) is 42.5 Å². The quantitative estimate of drug-likeness (QED) is 0.652. The Bertz CT molecular complexity index is 960. The van der Waals surface area contributed by atoms with Gasteiger partial charge < -0.3 is 19.5 Å². The van der Waals surface area contributed by atoms with E-state index in [0.717, 1.165) is 16.9 Å². The van der Waals surface area contributed by atoms with Gasteiger partial charge >= 0.3 is 0 Å². The lowest BCUT2D eigenvalue weighted by atomic mass is 9.92. The van der Waals surface area contributed by atoms with E-state index in [1.165, 1.54) is 0 Å². The number of aliphatic hydroxyl groups excluding tert-OH is 1. The number of methoxy groups -OCH3 is 2. The van der Waals surface area contributed by atoms with Gasteiger partial charge in [0.2, 0.25) is 0 Å². The van der Waals surface area contributed by atoms with E-state index >= 15 is 0 Å². The molecular weight excluding hydrogens is 394 g/mol. The van der Waals surface area contributed by atoms with Gasteiger partial charge in [-0.25, -0.2) is 0 Å². The number of nitrogens with zero attached hydrogens (tertiary/aromatic N) is 1. The predicted octanol–water partition coefficient (Wildman–Crippen LogP) is 4.26. The van der Waals surface area contributed by atoms with Gasteiger partial charge in [-0.1, -0.05) is 38.1 Å². The zero-order valence-corrected chi connectivity index (χ0v) is 18.4. The van der Waals surface area contributed by atoms with Crippen molar-refractivity contribution in [2.75, 3.05) is 20.8 Å². The fourth-order valence-electron chi connectivity index (χ4n) is 3.82. The summed E-state index contributed by atoms with van der Waals surface area (Å²) in [5.41, 5.74) is 1.97. The van der Waals surface area contributed by atoms with Gasteiger partial charge in [-0.2, -0.15) is 0 Å². The van der Waals surface area contributed by atoms with Crippen molar-refractivity contribution >= 4 is 11.7 Å². The van der Waals surface area contributed by atoms with Crippen molar-refractivity contribution < 1.29 is 24.2 Å².